The van der Waals surface area contributed by atoms with Gasteiger partial charge < -0.3 is 4.90 Å². The minimum Gasteiger partial charge on any atom is -0.336 e. The van der Waals surface area contributed by atoms with Crippen molar-refractivity contribution in [1.29, 1.82) is 5.26 Å². The summed E-state index contributed by atoms with van der Waals surface area (Å²) in [5.74, 6) is 0.0236. The van der Waals surface area contributed by atoms with E-state index >= 15 is 0 Å². The van der Waals surface area contributed by atoms with Crippen molar-refractivity contribution in [2.24, 2.45) is 0 Å². The maximum atomic E-state index is 12.3. The standard InChI is InChI=1S/C14H17BrN2O/c1-11(2)17(9-3-8-15)14(18)13-6-4-12(10-16)5-7-13/h4-7,11H,3,8-9H2,1-2H3. The molecule has 0 saturated heterocycles. The van der Waals surface area contributed by atoms with Crippen molar-refractivity contribution in [2.75, 3.05) is 11.9 Å². The van der Waals surface area contributed by atoms with Gasteiger partial charge >= 0.3 is 0 Å². The van der Waals surface area contributed by atoms with Crippen LogP contribution in [0, 0.1) is 11.3 Å². The number of hydrogen-bond acceptors (Lipinski definition) is 2. The van der Waals surface area contributed by atoms with Gasteiger partial charge in [-0.2, -0.15) is 5.26 Å². The summed E-state index contributed by atoms with van der Waals surface area (Å²) in [7, 11) is 0. The van der Waals surface area contributed by atoms with Gasteiger partial charge in [0.05, 0.1) is 11.6 Å². The van der Waals surface area contributed by atoms with Gasteiger partial charge in [0.15, 0.2) is 0 Å². The topological polar surface area (TPSA) is 44.1 Å². The second kappa shape index (κ2) is 7.17. The fourth-order valence-electron chi connectivity index (χ4n) is 1.68. The highest BCUT2D eigenvalue weighted by Crippen LogP contribution is 2.11. The van der Waals surface area contributed by atoms with Crippen LogP contribution in [-0.2, 0) is 0 Å². The van der Waals surface area contributed by atoms with Gasteiger partial charge in [-0.05, 0) is 44.5 Å². The normalized spacial score (nSPS) is 10.2. The third-order valence-electron chi connectivity index (χ3n) is 2.68. The minimum absolute atomic E-state index is 0.0236. The first kappa shape index (κ1) is 14.7. The van der Waals surface area contributed by atoms with Gasteiger partial charge in [-0.15, -0.1) is 0 Å². The zero-order chi connectivity index (χ0) is 13.5. The highest BCUT2D eigenvalue weighted by molar-refractivity contribution is 9.09. The molecule has 0 bridgehead atoms. The van der Waals surface area contributed by atoms with E-state index in [-0.39, 0.29) is 11.9 Å². The minimum atomic E-state index is 0.0236. The molecule has 0 saturated carbocycles. The summed E-state index contributed by atoms with van der Waals surface area (Å²) < 4.78 is 0. The van der Waals surface area contributed by atoms with Crippen molar-refractivity contribution in [1.82, 2.24) is 4.90 Å². The van der Waals surface area contributed by atoms with E-state index < -0.39 is 0 Å². The quantitative estimate of drug-likeness (QED) is 0.784. The molecule has 0 aromatic heterocycles. The van der Waals surface area contributed by atoms with E-state index in [0.29, 0.717) is 11.1 Å². The molecule has 0 aliphatic carbocycles. The van der Waals surface area contributed by atoms with Crippen molar-refractivity contribution in [2.45, 2.75) is 26.3 Å². The van der Waals surface area contributed by atoms with Gasteiger partial charge in [0.1, 0.15) is 0 Å². The molecule has 3 nitrogen and oxygen atoms in total. The fourth-order valence-corrected chi connectivity index (χ4v) is 1.93. The average molecular weight is 309 g/mol. The average Bonchev–Trinajstić information content (AvgIpc) is 2.38. The molecule has 0 fully saturated rings. The largest absolute Gasteiger partial charge is 0.336 e. The summed E-state index contributed by atoms with van der Waals surface area (Å²) in [5.41, 5.74) is 1.21. The van der Waals surface area contributed by atoms with Crippen LogP contribution in [0.4, 0.5) is 0 Å². The Hall–Kier alpha value is -1.34. The van der Waals surface area contributed by atoms with Gasteiger partial charge in [0.2, 0.25) is 0 Å². The zero-order valence-corrected chi connectivity index (χ0v) is 12.3. The van der Waals surface area contributed by atoms with Crippen LogP contribution in [0.25, 0.3) is 0 Å². The zero-order valence-electron chi connectivity index (χ0n) is 10.7. The molecule has 1 rings (SSSR count). The molecule has 0 spiro atoms. The molecule has 1 aromatic carbocycles. The molecule has 96 valence electrons. The Bertz CT molecular complexity index is 434. The summed E-state index contributed by atoms with van der Waals surface area (Å²) >= 11 is 3.38. The van der Waals surface area contributed by atoms with Crippen LogP contribution >= 0.6 is 15.9 Å². The lowest BCUT2D eigenvalue weighted by atomic mass is 10.1. The van der Waals surface area contributed by atoms with Gasteiger partial charge in [0, 0.05) is 23.5 Å². The lowest BCUT2D eigenvalue weighted by Crippen LogP contribution is -2.37. The Balaban J connectivity index is 2.84. The summed E-state index contributed by atoms with van der Waals surface area (Å²) in [4.78, 5) is 14.2. The molecule has 1 amide bonds. The lowest BCUT2D eigenvalue weighted by molar-refractivity contribution is 0.0706. The fraction of sp³-hybridized carbons (Fsp3) is 0.429. The van der Waals surface area contributed by atoms with Gasteiger partial charge in [-0.3, -0.25) is 4.79 Å². The highest BCUT2D eigenvalue weighted by atomic mass is 79.9. The van der Waals surface area contributed by atoms with Crippen LogP contribution in [0.1, 0.15) is 36.2 Å². The molecule has 0 atom stereocenters. The summed E-state index contributed by atoms with van der Waals surface area (Å²) in [6.45, 7) is 4.76. The smallest absolute Gasteiger partial charge is 0.254 e. The van der Waals surface area contributed by atoms with E-state index in [0.717, 1.165) is 18.3 Å². The third-order valence-corrected chi connectivity index (χ3v) is 3.24. The maximum Gasteiger partial charge on any atom is 0.254 e. The van der Waals surface area contributed by atoms with E-state index in [1.54, 1.807) is 24.3 Å². The number of rotatable bonds is 5. The number of amides is 1. The molecule has 4 heteroatoms. The SMILES string of the molecule is CC(C)N(CCCBr)C(=O)c1ccc(C#N)cc1. The number of halogens is 1. The van der Waals surface area contributed by atoms with Crippen LogP contribution in [0.15, 0.2) is 24.3 Å². The first-order valence-corrected chi connectivity index (χ1v) is 7.09. The van der Waals surface area contributed by atoms with Gasteiger partial charge in [-0.1, -0.05) is 15.9 Å². The van der Waals surface area contributed by atoms with E-state index in [1.165, 1.54) is 0 Å². The van der Waals surface area contributed by atoms with E-state index in [4.69, 9.17) is 5.26 Å². The molecule has 0 aliphatic heterocycles. The molecule has 1 aromatic rings. The Morgan fingerprint density at radius 2 is 2.00 bits per heavy atom. The maximum absolute atomic E-state index is 12.3. The van der Waals surface area contributed by atoms with Crippen molar-refractivity contribution >= 4 is 21.8 Å². The second-order valence-electron chi connectivity index (χ2n) is 4.32. The predicted molar refractivity (Wildman–Crippen MR) is 75.7 cm³/mol. The van der Waals surface area contributed by atoms with Crippen LogP contribution in [-0.4, -0.2) is 28.7 Å². The molecule has 0 aliphatic rings. The Morgan fingerprint density at radius 3 is 2.44 bits per heavy atom. The van der Waals surface area contributed by atoms with Crippen molar-refractivity contribution < 1.29 is 4.79 Å². The molecular weight excluding hydrogens is 292 g/mol. The summed E-state index contributed by atoms with van der Waals surface area (Å²) in [6, 6.07) is 9.00. The van der Waals surface area contributed by atoms with Crippen LogP contribution in [0.5, 0.6) is 0 Å². The van der Waals surface area contributed by atoms with Crippen LogP contribution < -0.4 is 0 Å². The van der Waals surface area contributed by atoms with Crippen LogP contribution in [0.2, 0.25) is 0 Å². The van der Waals surface area contributed by atoms with Gasteiger partial charge in [-0.25, -0.2) is 0 Å². The number of alkyl halides is 1. The number of hydrogen-bond donors (Lipinski definition) is 0. The number of carbonyl (C=O) groups is 1. The monoisotopic (exact) mass is 308 g/mol. The summed E-state index contributed by atoms with van der Waals surface area (Å²) in [6.07, 6.45) is 0.931. The lowest BCUT2D eigenvalue weighted by Gasteiger charge is -2.26. The van der Waals surface area contributed by atoms with Crippen molar-refractivity contribution in [3.8, 4) is 6.07 Å². The molecule has 0 unspecified atom stereocenters. The molecule has 0 N–H and O–H groups in total. The van der Waals surface area contributed by atoms with E-state index in [1.807, 2.05) is 24.8 Å². The first-order chi connectivity index (χ1) is 8.60. The molecular formula is C14H17BrN2O. The molecule has 0 radical (unpaired) electrons. The van der Waals surface area contributed by atoms with Crippen molar-refractivity contribution in [3.05, 3.63) is 35.4 Å². The highest BCUT2D eigenvalue weighted by Gasteiger charge is 2.17. The van der Waals surface area contributed by atoms with E-state index in [9.17, 15) is 4.79 Å². The Labute approximate surface area is 117 Å². The Kier molecular flexibility index (Phi) is 5.87. The summed E-state index contributed by atoms with van der Waals surface area (Å²) in [5, 5.41) is 9.62. The number of carbonyl (C=O) groups excluding carboxylic acids is 1. The Morgan fingerprint density at radius 1 is 1.39 bits per heavy atom. The predicted octanol–water partition coefficient (Wildman–Crippen LogP) is 3.19. The van der Waals surface area contributed by atoms with Gasteiger partial charge in [0.25, 0.3) is 5.91 Å². The third kappa shape index (κ3) is 3.85. The van der Waals surface area contributed by atoms with Crippen LogP contribution in [0.3, 0.4) is 0 Å². The second-order valence-corrected chi connectivity index (χ2v) is 5.12. The van der Waals surface area contributed by atoms with E-state index in [2.05, 4.69) is 15.9 Å². The van der Waals surface area contributed by atoms with Crippen molar-refractivity contribution in [3.63, 3.8) is 0 Å². The molecule has 0 heterocycles. The first-order valence-electron chi connectivity index (χ1n) is 5.97. The number of benzene rings is 1. The molecule has 18 heavy (non-hydrogen) atoms. The number of nitriles is 1. The number of nitrogens with zero attached hydrogens (tertiary/aromatic N) is 2.